The van der Waals surface area contributed by atoms with Gasteiger partial charge in [-0.05, 0) is 56.2 Å². The second kappa shape index (κ2) is 7.87. The molecule has 0 radical (unpaired) electrons. The lowest BCUT2D eigenvalue weighted by Gasteiger charge is -2.16. The number of nitrogens with one attached hydrogen (secondary N) is 1. The van der Waals surface area contributed by atoms with Crippen molar-refractivity contribution < 1.29 is 4.79 Å². The first-order valence-electron chi connectivity index (χ1n) is 8.59. The lowest BCUT2D eigenvalue weighted by Crippen LogP contribution is -2.27. The molecule has 0 spiro atoms. The van der Waals surface area contributed by atoms with Gasteiger partial charge >= 0.3 is 0 Å². The molecule has 3 rings (SSSR count). The highest BCUT2D eigenvalue weighted by Crippen LogP contribution is 2.23. The van der Waals surface area contributed by atoms with E-state index < -0.39 is 0 Å². The van der Waals surface area contributed by atoms with Gasteiger partial charge in [-0.1, -0.05) is 46.3 Å². The van der Waals surface area contributed by atoms with E-state index in [0.717, 1.165) is 27.0 Å². The van der Waals surface area contributed by atoms with Crippen molar-refractivity contribution in [3.63, 3.8) is 0 Å². The zero-order chi connectivity index (χ0) is 18.7. The molecule has 0 aliphatic heterocycles. The highest BCUT2D eigenvalue weighted by molar-refractivity contribution is 9.10. The van der Waals surface area contributed by atoms with Crippen molar-refractivity contribution in [2.24, 2.45) is 0 Å². The molecule has 0 aliphatic carbocycles. The fraction of sp³-hybridized carbons (Fsp3) is 0.238. The molecule has 1 amide bonds. The van der Waals surface area contributed by atoms with E-state index in [1.165, 1.54) is 0 Å². The summed E-state index contributed by atoms with van der Waals surface area (Å²) < 4.78 is 2.95. The zero-order valence-electron chi connectivity index (χ0n) is 15.2. The summed E-state index contributed by atoms with van der Waals surface area (Å²) in [7, 11) is 0. The molecule has 1 aromatic heterocycles. The summed E-state index contributed by atoms with van der Waals surface area (Å²) in [5.74, 6) is -0.0801. The quantitative estimate of drug-likeness (QED) is 0.654. The Labute approximate surface area is 162 Å². The zero-order valence-corrected chi connectivity index (χ0v) is 16.7. The molecule has 0 saturated carbocycles. The minimum absolute atomic E-state index is 0.0801. The molecule has 0 aliphatic rings. The van der Waals surface area contributed by atoms with Gasteiger partial charge in [0.15, 0.2) is 0 Å². The van der Waals surface area contributed by atoms with Crippen LogP contribution >= 0.6 is 15.9 Å². The summed E-state index contributed by atoms with van der Waals surface area (Å²) in [5, 5.41) is 7.56. The van der Waals surface area contributed by atoms with Crippen LogP contribution < -0.4 is 5.32 Å². The minimum atomic E-state index is -0.0854. The Morgan fingerprint density at radius 3 is 2.62 bits per heavy atom. The highest BCUT2D eigenvalue weighted by Gasteiger charge is 2.14. The summed E-state index contributed by atoms with van der Waals surface area (Å²) in [6.07, 6.45) is 0. The number of carbonyl (C=O) groups excluding carboxylic acids is 1. The maximum absolute atomic E-state index is 12.7. The molecule has 1 atom stereocenters. The summed E-state index contributed by atoms with van der Waals surface area (Å²) >= 11 is 3.54. The third kappa shape index (κ3) is 4.22. The van der Waals surface area contributed by atoms with Gasteiger partial charge in [-0.15, -0.1) is 0 Å². The summed E-state index contributed by atoms with van der Waals surface area (Å²) in [6.45, 7) is 6.66. The van der Waals surface area contributed by atoms with E-state index >= 15 is 0 Å². The van der Waals surface area contributed by atoms with Gasteiger partial charge in [0.2, 0.25) is 0 Å². The van der Waals surface area contributed by atoms with Crippen LogP contribution in [-0.4, -0.2) is 15.7 Å². The van der Waals surface area contributed by atoms with E-state index in [4.69, 9.17) is 0 Å². The van der Waals surface area contributed by atoms with Crippen LogP contribution in [0, 0.1) is 13.8 Å². The Balaban J connectivity index is 1.74. The summed E-state index contributed by atoms with van der Waals surface area (Å²) in [5.41, 5.74) is 4.87. The van der Waals surface area contributed by atoms with Gasteiger partial charge in [-0.25, -0.2) is 0 Å². The average molecular weight is 412 g/mol. The third-order valence-electron chi connectivity index (χ3n) is 4.34. The van der Waals surface area contributed by atoms with Crippen LogP contribution in [0.3, 0.4) is 0 Å². The number of hydrogen-bond acceptors (Lipinski definition) is 2. The molecule has 0 fully saturated rings. The van der Waals surface area contributed by atoms with Crippen LogP contribution in [0.15, 0.2) is 59.1 Å². The number of hydrogen-bond donors (Lipinski definition) is 1. The van der Waals surface area contributed by atoms with Gasteiger partial charge in [0.1, 0.15) is 0 Å². The molecule has 1 heterocycles. The molecular formula is C21H22BrN3O. The predicted octanol–water partition coefficient (Wildman–Crippen LogP) is 4.80. The molecule has 26 heavy (non-hydrogen) atoms. The number of benzene rings is 2. The average Bonchev–Trinajstić information content (AvgIpc) is 2.92. The second-order valence-electron chi connectivity index (χ2n) is 6.50. The monoisotopic (exact) mass is 411 g/mol. The maximum atomic E-state index is 12.7. The molecule has 2 aromatic carbocycles. The van der Waals surface area contributed by atoms with Crippen LogP contribution in [0.4, 0.5) is 0 Å². The largest absolute Gasteiger partial charge is 0.345 e. The minimum Gasteiger partial charge on any atom is -0.345 e. The van der Waals surface area contributed by atoms with Crippen LogP contribution in [0.25, 0.3) is 0 Å². The van der Waals surface area contributed by atoms with E-state index in [1.807, 2.05) is 74.0 Å². The van der Waals surface area contributed by atoms with Gasteiger partial charge in [-0.3, -0.25) is 9.48 Å². The fourth-order valence-corrected chi connectivity index (χ4v) is 3.63. The van der Waals surface area contributed by atoms with Crippen LogP contribution in [0.2, 0.25) is 0 Å². The maximum Gasteiger partial charge on any atom is 0.251 e. The molecule has 0 bridgehead atoms. The molecule has 4 nitrogen and oxygen atoms in total. The van der Waals surface area contributed by atoms with Gasteiger partial charge in [-0.2, -0.15) is 5.10 Å². The normalized spacial score (nSPS) is 12.0. The Hall–Kier alpha value is -2.40. The molecule has 0 saturated heterocycles. The first kappa shape index (κ1) is 18.4. The van der Waals surface area contributed by atoms with Crippen LogP contribution in [0.1, 0.15) is 45.8 Å². The first-order valence-corrected chi connectivity index (χ1v) is 9.38. The number of aryl methyl sites for hydroxylation is 2. The Morgan fingerprint density at radius 2 is 1.92 bits per heavy atom. The van der Waals surface area contributed by atoms with Crippen molar-refractivity contribution in [2.75, 3.05) is 0 Å². The first-order chi connectivity index (χ1) is 12.4. The van der Waals surface area contributed by atoms with E-state index in [1.54, 1.807) is 0 Å². The number of aromatic nitrogens is 2. The van der Waals surface area contributed by atoms with Crippen LogP contribution in [-0.2, 0) is 6.54 Å². The Bertz CT molecular complexity index is 933. The van der Waals surface area contributed by atoms with Crippen molar-refractivity contribution in [1.82, 2.24) is 15.1 Å². The van der Waals surface area contributed by atoms with Crippen molar-refractivity contribution in [1.29, 1.82) is 0 Å². The van der Waals surface area contributed by atoms with E-state index in [0.29, 0.717) is 12.1 Å². The number of amides is 1. The van der Waals surface area contributed by atoms with Gasteiger partial charge in [0, 0.05) is 15.7 Å². The summed E-state index contributed by atoms with van der Waals surface area (Å²) in [4.78, 5) is 12.7. The SMILES string of the molecule is Cc1cc(C)n(Cc2cccc(C(=O)NC(C)c3ccccc3Br)c2)n1. The molecule has 1 unspecified atom stereocenters. The van der Waals surface area contributed by atoms with E-state index in [-0.39, 0.29) is 11.9 Å². The standard InChI is InChI=1S/C21H22BrN3O/c1-14-11-15(2)25(24-14)13-17-7-6-8-18(12-17)21(26)23-16(3)19-9-4-5-10-20(19)22/h4-12,16H,13H2,1-3H3,(H,23,26). The van der Waals surface area contributed by atoms with Crippen LogP contribution in [0.5, 0.6) is 0 Å². The molecule has 134 valence electrons. The predicted molar refractivity (Wildman–Crippen MR) is 107 cm³/mol. The van der Waals surface area contributed by atoms with Gasteiger partial charge < -0.3 is 5.32 Å². The van der Waals surface area contributed by atoms with Gasteiger partial charge in [0.05, 0.1) is 18.3 Å². The number of rotatable bonds is 5. The fourth-order valence-electron chi connectivity index (χ4n) is 3.00. The smallest absolute Gasteiger partial charge is 0.251 e. The number of carbonyl (C=O) groups is 1. The topological polar surface area (TPSA) is 46.9 Å². The number of nitrogens with zero attached hydrogens (tertiary/aromatic N) is 2. The molecular weight excluding hydrogens is 390 g/mol. The highest BCUT2D eigenvalue weighted by atomic mass is 79.9. The molecule has 5 heteroatoms. The van der Waals surface area contributed by atoms with Crippen molar-refractivity contribution in [3.05, 3.63) is 87.1 Å². The van der Waals surface area contributed by atoms with Crippen molar-refractivity contribution in [3.8, 4) is 0 Å². The Kier molecular flexibility index (Phi) is 5.57. The van der Waals surface area contributed by atoms with E-state index in [2.05, 4.69) is 32.4 Å². The lowest BCUT2D eigenvalue weighted by atomic mass is 10.1. The molecule has 1 N–H and O–H groups in total. The van der Waals surface area contributed by atoms with E-state index in [9.17, 15) is 4.79 Å². The lowest BCUT2D eigenvalue weighted by molar-refractivity contribution is 0.0939. The third-order valence-corrected chi connectivity index (χ3v) is 5.07. The number of halogens is 1. The van der Waals surface area contributed by atoms with Gasteiger partial charge in [0.25, 0.3) is 5.91 Å². The van der Waals surface area contributed by atoms with Crippen molar-refractivity contribution in [2.45, 2.75) is 33.4 Å². The summed E-state index contributed by atoms with van der Waals surface area (Å²) in [6, 6.07) is 17.6. The van der Waals surface area contributed by atoms with Crippen molar-refractivity contribution >= 4 is 21.8 Å². The molecule has 3 aromatic rings. The second-order valence-corrected chi connectivity index (χ2v) is 7.36. The Morgan fingerprint density at radius 1 is 1.15 bits per heavy atom.